The Balaban J connectivity index is 1.65. The van der Waals surface area contributed by atoms with Crippen LogP contribution in [0.5, 0.6) is 0 Å². The SMILES string of the molecule is CC(=O)Nc1ccc2nc(NC(=O)c3c(C)oc(-n4cccc4)c3C#N)sc2c1. The highest BCUT2D eigenvalue weighted by atomic mass is 32.1. The second-order valence-corrected chi connectivity index (χ2v) is 7.28. The van der Waals surface area contributed by atoms with Gasteiger partial charge in [0.15, 0.2) is 5.13 Å². The van der Waals surface area contributed by atoms with E-state index in [1.165, 1.54) is 18.3 Å². The molecule has 4 rings (SSSR count). The molecule has 0 fully saturated rings. The summed E-state index contributed by atoms with van der Waals surface area (Å²) in [7, 11) is 0. The van der Waals surface area contributed by atoms with E-state index in [4.69, 9.17) is 4.42 Å². The molecule has 0 spiro atoms. The lowest BCUT2D eigenvalue weighted by Gasteiger charge is -2.00. The molecule has 2 amide bonds. The minimum absolute atomic E-state index is 0.158. The van der Waals surface area contributed by atoms with E-state index in [0.717, 1.165) is 4.70 Å². The molecule has 3 aromatic heterocycles. The summed E-state index contributed by atoms with van der Waals surface area (Å²) in [5.41, 5.74) is 1.68. The number of amides is 2. The second-order valence-electron chi connectivity index (χ2n) is 6.25. The fraction of sp³-hybridized carbons (Fsp3) is 0.100. The van der Waals surface area contributed by atoms with Gasteiger partial charge < -0.3 is 9.73 Å². The highest BCUT2D eigenvalue weighted by molar-refractivity contribution is 7.22. The number of benzene rings is 1. The highest BCUT2D eigenvalue weighted by Gasteiger charge is 2.25. The number of nitriles is 1. The van der Waals surface area contributed by atoms with Gasteiger partial charge in [-0.25, -0.2) is 4.98 Å². The van der Waals surface area contributed by atoms with E-state index in [0.29, 0.717) is 28.0 Å². The average Bonchev–Trinajstić information content (AvgIpc) is 3.38. The first-order valence-electron chi connectivity index (χ1n) is 8.62. The lowest BCUT2D eigenvalue weighted by Crippen LogP contribution is -2.13. The highest BCUT2D eigenvalue weighted by Crippen LogP contribution is 2.30. The number of furan rings is 1. The van der Waals surface area contributed by atoms with Crippen molar-refractivity contribution in [2.75, 3.05) is 10.6 Å². The fourth-order valence-corrected chi connectivity index (χ4v) is 3.88. The van der Waals surface area contributed by atoms with Crippen molar-refractivity contribution in [3.8, 4) is 12.0 Å². The van der Waals surface area contributed by atoms with Crippen molar-refractivity contribution in [2.45, 2.75) is 13.8 Å². The molecule has 0 aliphatic rings. The van der Waals surface area contributed by atoms with Crippen LogP contribution in [0.25, 0.3) is 16.1 Å². The molecular formula is C20H15N5O3S. The summed E-state index contributed by atoms with van der Waals surface area (Å²) in [5.74, 6) is 0.00362. The summed E-state index contributed by atoms with van der Waals surface area (Å²) < 4.78 is 8.13. The number of thiazole rings is 1. The van der Waals surface area contributed by atoms with Crippen molar-refractivity contribution in [2.24, 2.45) is 0 Å². The monoisotopic (exact) mass is 405 g/mol. The van der Waals surface area contributed by atoms with Crippen LogP contribution in [-0.2, 0) is 4.79 Å². The third kappa shape index (κ3) is 3.49. The van der Waals surface area contributed by atoms with Gasteiger partial charge in [-0.05, 0) is 37.3 Å². The summed E-state index contributed by atoms with van der Waals surface area (Å²) in [6.45, 7) is 3.07. The molecule has 9 heteroatoms. The van der Waals surface area contributed by atoms with Crippen LogP contribution in [-0.4, -0.2) is 21.4 Å². The number of fused-ring (bicyclic) bond motifs is 1. The Kier molecular flexibility index (Phi) is 4.62. The zero-order valence-corrected chi connectivity index (χ0v) is 16.3. The molecule has 0 bridgehead atoms. The Labute approximate surface area is 169 Å². The fourth-order valence-electron chi connectivity index (χ4n) is 2.98. The van der Waals surface area contributed by atoms with Gasteiger partial charge in [0.1, 0.15) is 23.0 Å². The number of carbonyl (C=O) groups is 2. The summed E-state index contributed by atoms with van der Waals surface area (Å²) in [6, 6.07) is 11.0. The van der Waals surface area contributed by atoms with E-state index in [-0.39, 0.29) is 17.0 Å². The van der Waals surface area contributed by atoms with Crippen LogP contribution in [0.2, 0.25) is 0 Å². The molecular weight excluding hydrogens is 390 g/mol. The second kappa shape index (κ2) is 7.26. The van der Waals surface area contributed by atoms with Crippen LogP contribution in [0.3, 0.4) is 0 Å². The number of nitrogens with zero attached hydrogens (tertiary/aromatic N) is 3. The predicted octanol–water partition coefficient (Wildman–Crippen LogP) is 4.07. The maximum Gasteiger partial charge on any atom is 0.262 e. The molecule has 0 saturated heterocycles. The van der Waals surface area contributed by atoms with Crippen LogP contribution in [0.15, 0.2) is 47.1 Å². The number of hydrogen-bond donors (Lipinski definition) is 2. The van der Waals surface area contributed by atoms with E-state index in [1.54, 1.807) is 54.2 Å². The summed E-state index contributed by atoms with van der Waals surface area (Å²) >= 11 is 1.27. The van der Waals surface area contributed by atoms with Crippen LogP contribution >= 0.6 is 11.3 Å². The smallest absolute Gasteiger partial charge is 0.262 e. The number of carbonyl (C=O) groups excluding carboxylic acids is 2. The number of aromatic nitrogens is 2. The zero-order valence-electron chi connectivity index (χ0n) is 15.5. The van der Waals surface area contributed by atoms with Crippen molar-refractivity contribution < 1.29 is 14.0 Å². The van der Waals surface area contributed by atoms with Gasteiger partial charge in [-0.3, -0.25) is 19.5 Å². The molecule has 0 radical (unpaired) electrons. The third-order valence-corrected chi connectivity index (χ3v) is 5.11. The zero-order chi connectivity index (χ0) is 20.5. The molecule has 4 aromatic rings. The Morgan fingerprint density at radius 3 is 2.69 bits per heavy atom. The van der Waals surface area contributed by atoms with Crippen molar-refractivity contribution in [1.82, 2.24) is 9.55 Å². The molecule has 0 atom stereocenters. The Morgan fingerprint density at radius 1 is 1.24 bits per heavy atom. The van der Waals surface area contributed by atoms with Crippen LogP contribution < -0.4 is 10.6 Å². The minimum Gasteiger partial charge on any atom is -0.443 e. The van der Waals surface area contributed by atoms with Crippen LogP contribution in [0.1, 0.15) is 28.6 Å². The first-order valence-corrected chi connectivity index (χ1v) is 9.44. The minimum atomic E-state index is -0.470. The van der Waals surface area contributed by atoms with Crippen LogP contribution in [0, 0.1) is 18.3 Å². The number of anilines is 2. The van der Waals surface area contributed by atoms with Gasteiger partial charge in [-0.2, -0.15) is 5.26 Å². The van der Waals surface area contributed by atoms with Gasteiger partial charge in [0, 0.05) is 25.0 Å². The molecule has 3 heterocycles. The number of rotatable bonds is 4. The van der Waals surface area contributed by atoms with E-state index >= 15 is 0 Å². The van der Waals surface area contributed by atoms with Gasteiger partial charge in [0.05, 0.1) is 10.2 Å². The molecule has 1 aromatic carbocycles. The third-order valence-electron chi connectivity index (χ3n) is 4.17. The van der Waals surface area contributed by atoms with E-state index < -0.39 is 5.91 Å². The molecule has 144 valence electrons. The van der Waals surface area contributed by atoms with E-state index in [9.17, 15) is 14.9 Å². The number of hydrogen-bond acceptors (Lipinski definition) is 6. The Hall–Kier alpha value is -3.90. The molecule has 2 N–H and O–H groups in total. The molecule has 0 aliphatic carbocycles. The van der Waals surface area contributed by atoms with Gasteiger partial charge >= 0.3 is 0 Å². The van der Waals surface area contributed by atoms with E-state index in [1.807, 2.05) is 0 Å². The predicted molar refractivity (Wildman–Crippen MR) is 109 cm³/mol. The Morgan fingerprint density at radius 2 is 2.00 bits per heavy atom. The standard InChI is InChI=1S/C20H15N5O3S/c1-11-17(14(10-21)19(28-11)25-7-3-4-8-25)18(27)24-20-23-15-6-5-13(22-12(2)26)9-16(15)29-20/h3-9H,1-2H3,(H,22,26)(H,23,24,27). The van der Waals surface area contributed by atoms with Crippen LogP contribution in [0.4, 0.5) is 10.8 Å². The molecule has 29 heavy (non-hydrogen) atoms. The lowest BCUT2D eigenvalue weighted by molar-refractivity contribution is -0.114. The summed E-state index contributed by atoms with van der Waals surface area (Å²) in [6.07, 6.45) is 3.47. The lowest BCUT2D eigenvalue weighted by atomic mass is 10.1. The first kappa shape index (κ1) is 18.5. The maximum absolute atomic E-state index is 12.9. The first-order chi connectivity index (χ1) is 14.0. The van der Waals surface area contributed by atoms with E-state index in [2.05, 4.69) is 21.7 Å². The maximum atomic E-state index is 12.9. The largest absolute Gasteiger partial charge is 0.443 e. The number of nitrogens with one attached hydrogen (secondary N) is 2. The van der Waals surface area contributed by atoms with Gasteiger partial charge in [0.25, 0.3) is 5.91 Å². The summed E-state index contributed by atoms with van der Waals surface area (Å²) in [4.78, 5) is 28.5. The van der Waals surface area contributed by atoms with Gasteiger partial charge in [-0.15, -0.1) is 0 Å². The molecule has 0 unspecified atom stereocenters. The van der Waals surface area contributed by atoms with Crippen molar-refractivity contribution in [3.05, 3.63) is 59.6 Å². The molecule has 8 nitrogen and oxygen atoms in total. The molecule has 0 saturated carbocycles. The summed E-state index contributed by atoms with van der Waals surface area (Å²) in [5, 5.41) is 15.4. The van der Waals surface area contributed by atoms with Crippen molar-refractivity contribution >= 4 is 44.2 Å². The quantitative estimate of drug-likeness (QED) is 0.531. The normalized spacial score (nSPS) is 10.7. The average molecular weight is 405 g/mol. The van der Waals surface area contributed by atoms with Gasteiger partial charge in [0.2, 0.25) is 11.8 Å². The van der Waals surface area contributed by atoms with Crippen molar-refractivity contribution in [3.63, 3.8) is 0 Å². The number of aryl methyl sites for hydroxylation is 1. The van der Waals surface area contributed by atoms with Gasteiger partial charge in [-0.1, -0.05) is 11.3 Å². The van der Waals surface area contributed by atoms with Crippen molar-refractivity contribution in [1.29, 1.82) is 5.26 Å². The topological polar surface area (TPSA) is 113 Å². The molecule has 0 aliphatic heterocycles. The Bertz CT molecular complexity index is 1280.